The number of para-hydroxylation sites is 1. The Morgan fingerprint density at radius 2 is 1.86 bits per heavy atom. The van der Waals surface area contributed by atoms with Crippen LogP contribution in [0.4, 0.5) is 0 Å². The molecule has 7 heteroatoms. The van der Waals surface area contributed by atoms with Gasteiger partial charge in [-0.25, -0.2) is 4.98 Å². The average Bonchev–Trinajstić information content (AvgIpc) is 2.72. The minimum absolute atomic E-state index is 0.172. The first kappa shape index (κ1) is 20.1. The van der Waals surface area contributed by atoms with E-state index in [4.69, 9.17) is 4.74 Å². The van der Waals surface area contributed by atoms with Crippen molar-refractivity contribution in [2.75, 3.05) is 6.61 Å². The van der Waals surface area contributed by atoms with Gasteiger partial charge in [-0.05, 0) is 19.9 Å². The van der Waals surface area contributed by atoms with Gasteiger partial charge in [0.05, 0.1) is 6.61 Å². The number of nitrogens with one attached hydrogen (secondary N) is 1. The van der Waals surface area contributed by atoms with Crippen LogP contribution in [0.2, 0.25) is 0 Å². The van der Waals surface area contributed by atoms with Crippen LogP contribution < -0.4 is 15.6 Å². The second-order valence-corrected chi connectivity index (χ2v) is 6.59. The molecule has 2 N–H and O–H groups in total. The maximum Gasteiger partial charge on any atom is 0.296 e. The van der Waals surface area contributed by atoms with Crippen molar-refractivity contribution < 1.29 is 14.6 Å². The third kappa shape index (κ3) is 4.29. The summed E-state index contributed by atoms with van der Waals surface area (Å²) in [6.45, 7) is 4.50. The summed E-state index contributed by atoms with van der Waals surface area (Å²) in [7, 11) is 1.50. The van der Waals surface area contributed by atoms with E-state index in [0.717, 1.165) is 11.1 Å². The van der Waals surface area contributed by atoms with Gasteiger partial charge in [0, 0.05) is 24.7 Å². The smallest absolute Gasteiger partial charge is 0.296 e. The van der Waals surface area contributed by atoms with E-state index in [-0.39, 0.29) is 12.2 Å². The number of ether oxygens (including phenoxy) is 1. The number of benzene rings is 2. The predicted molar refractivity (Wildman–Crippen MR) is 110 cm³/mol. The zero-order chi connectivity index (χ0) is 21.0. The SMILES string of the molecule is CCOc1ccccc1CNC(=O)c1nc(-c2ccc(C)cc2)n(C)c(=O)c1O. The first-order valence-electron chi connectivity index (χ1n) is 9.28. The summed E-state index contributed by atoms with van der Waals surface area (Å²) in [6.07, 6.45) is 0. The Bertz CT molecular complexity index is 1090. The molecule has 0 aliphatic carbocycles. The topological polar surface area (TPSA) is 93.5 Å². The van der Waals surface area contributed by atoms with E-state index in [0.29, 0.717) is 23.7 Å². The molecule has 3 rings (SSSR count). The molecule has 7 nitrogen and oxygen atoms in total. The minimum atomic E-state index is -0.685. The minimum Gasteiger partial charge on any atom is -0.501 e. The average molecular weight is 393 g/mol. The molecular formula is C22H23N3O4. The molecule has 3 aromatic rings. The summed E-state index contributed by atoms with van der Waals surface area (Å²) in [5, 5.41) is 12.9. The summed E-state index contributed by atoms with van der Waals surface area (Å²) >= 11 is 0. The highest BCUT2D eigenvalue weighted by Gasteiger charge is 2.21. The number of carbonyl (C=O) groups excluding carboxylic acids is 1. The fourth-order valence-electron chi connectivity index (χ4n) is 2.91. The van der Waals surface area contributed by atoms with Crippen LogP contribution >= 0.6 is 0 Å². The van der Waals surface area contributed by atoms with Crippen molar-refractivity contribution in [3.63, 3.8) is 0 Å². The van der Waals surface area contributed by atoms with Crippen LogP contribution in [0.5, 0.6) is 11.5 Å². The van der Waals surface area contributed by atoms with Crippen molar-refractivity contribution in [1.82, 2.24) is 14.9 Å². The summed E-state index contributed by atoms with van der Waals surface area (Å²) in [5.41, 5.74) is 1.52. The molecule has 0 saturated heterocycles. The van der Waals surface area contributed by atoms with E-state index < -0.39 is 17.2 Å². The maximum absolute atomic E-state index is 12.7. The highest BCUT2D eigenvalue weighted by molar-refractivity contribution is 5.95. The monoisotopic (exact) mass is 393 g/mol. The van der Waals surface area contributed by atoms with Crippen molar-refractivity contribution in [3.8, 4) is 22.9 Å². The Morgan fingerprint density at radius 1 is 1.17 bits per heavy atom. The number of amides is 1. The van der Waals surface area contributed by atoms with E-state index in [1.807, 2.05) is 62.4 Å². The summed E-state index contributed by atoms with van der Waals surface area (Å²) < 4.78 is 6.77. The maximum atomic E-state index is 12.7. The molecule has 29 heavy (non-hydrogen) atoms. The number of nitrogens with zero attached hydrogens (tertiary/aromatic N) is 2. The number of carbonyl (C=O) groups is 1. The number of aryl methyl sites for hydroxylation is 1. The summed E-state index contributed by atoms with van der Waals surface area (Å²) in [6, 6.07) is 14.7. The standard InChI is InChI=1S/C22H23N3O4/c1-4-29-17-8-6-5-7-16(17)13-23-21(27)18-19(26)22(28)25(3)20(24-18)15-11-9-14(2)10-12-15/h5-12,26H,4,13H2,1-3H3,(H,23,27). The Kier molecular flexibility index (Phi) is 5.97. The van der Waals surface area contributed by atoms with Crippen molar-refractivity contribution in [2.45, 2.75) is 20.4 Å². The molecule has 0 atom stereocenters. The molecule has 0 aliphatic heterocycles. The van der Waals surface area contributed by atoms with Gasteiger partial charge in [0.15, 0.2) is 5.69 Å². The molecule has 0 radical (unpaired) electrons. The molecule has 0 fully saturated rings. The van der Waals surface area contributed by atoms with Crippen molar-refractivity contribution in [1.29, 1.82) is 0 Å². The van der Waals surface area contributed by atoms with E-state index in [1.165, 1.54) is 11.6 Å². The molecule has 0 unspecified atom stereocenters. The Balaban J connectivity index is 1.91. The van der Waals surface area contributed by atoms with E-state index in [9.17, 15) is 14.7 Å². The van der Waals surface area contributed by atoms with Crippen molar-refractivity contribution in [2.24, 2.45) is 7.05 Å². The lowest BCUT2D eigenvalue weighted by molar-refractivity contribution is 0.0942. The predicted octanol–water partition coefficient (Wildman–Crippen LogP) is 2.79. The largest absolute Gasteiger partial charge is 0.501 e. The van der Waals surface area contributed by atoms with E-state index >= 15 is 0 Å². The number of aromatic hydroxyl groups is 1. The van der Waals surface area contributed by atoms with Crippen molar-refractivity contribution in [3.05, 3.63) is 75.7 Å². The molecule has 1 amide bonds. The second kappa shape index (κ2) is 8.60. The van der Waals surface area contributed by atoms with Gasteiger partial charge in [-0.2, -0.15) is 0 Å². The van der Waals surface area contributed by atoms with Gasteiger partial charge in [-0.3, -0.25) is 14.2 Å². The highest BCUT2D eigenvalue weighted by atomic mass is 16.5. The zero-order valence-electron chi connectivity index (χ0n) is 16.6. The normalized spacial score (nSPS) is 10.6. The van der Waals surface area contributed by atoms with Crippen LogP contribution in [0.1, 0.15) is 28.5 Å². The lowest BCUT2D eigenvalue weighted by atomic mass is 10.1. The van der Waals surface area contributed by atoms with E-state index in [1.54, 1.807) is 0 Å². The Hall–Kier alpha value is -3.61. The number of aromatic nitrogens is 2. The molecule has 1 heterocycles. The lowest BCUT2D eigenvalue weighted by Gasteiger charge is -2.13. The fraction of sp³-hybridized carbons (Fsp3) is 0.227. The van der Waals surface area contributed by atoms with Gasteiger partial charge < -0.3 is 15.2 Å². The molecule has 150 valence electrons. The summed E-state index contributed by atoms with van der Waals surface area (Å²) in [5.74, 6) is -0.358. The van der Waals surface area contributed by atoms with Gasteiger partial charge in [0.1, 0.15) is 11.6 Å². The molecule has 1 aromatic heterocycles. The molecular weight excluding hydrogens is 370 g/mol. The van der Waals surface area contributed by atoms with Crippen LogP contribution in [0.3, 0.4) is 0 Å². The first-order valence-corrected chi connectivity index (χ1v) is 9.28. The van der Waals surface area contributed by atoms with Gasteiger partial charge in [0.2, 0.25) is 5.75 Å². The number of hydrogen-bond donors (Lipinski definition) is 2. The van der Waals surface area contributed by atoms with Crippen LogP contribution in [0.25, 0.3) is 11.4 Å². The van der Waals surface area contributed by atoms with Crippen LogP contribution in [0.15, 0.2) is 53.3 Å². The van der Waals surface area contributed by atoms with Gasteiger partial charge >= 0.3 is 0 Å². The first-order chi connectivity index (χ1) is 13.9. The van der Waals surface area contributed by atoms with E-state index in [2.05, 4.69) is 10.3 Å². The molecule has 0 bridgehead atoms. The number of rotatable bonds is 6. The summed E-state index contributed by atoms with van der Waals surface area (Å²) in [4.78, 5) is 29.4. The molecule has 2 aromatic carbocycles. The second-order valence-electron chi connectivity index (χ2n) is 6.59. The van der Waals surface area contributed by atoms with Crippen molar-refractivity contribution >= 4 is 5.91 Å². The van der Waals surface area contributed by atoms with Crippen LogP contribution in [-0.4, -0.2) is 27.2 Å². The molecule has 0 spiro atoms. The van der Waals surface area contributed by atoms with Crippen LogP contribution in [0, 0.1) is 6.92 Å². The molecule has 0 aliphatic rings. The number of hydrogen-bond acceptors (Lipinski definition) is 5. The third-order valence-corrected chi connectivity index (χ3v) is 4.50. The highest BCUT2D eigenvalue weighted by Crippen LogP contribution is 2.21. The van der Waals surface area contributed by atoms with Crippen LogP contribution in [-0.2, 0) is 13.6 Å². The molecule has 0 saturated carbocycles. The Morgan fingerprint density at radius 3 is 2.55 bits per heavy atom. The van der Waals surface area contributed by atoms with Gasteiger partial charge in [0.25, 0.3) is 11.5 Å². The van der Waals surface area contributed by atoms with Gasteiger partial charge in [-0.1, -0.05) is 48.0 Å². The fourth-order valence-corrected chi connectivity index (χ4v) is 2.91. The third-order valence-electron chi connectivity index (χ3n) is 4.50. The quantitative estimate of drug-likeness (QED) is 0.672. The zero-order valence-corrected chi connectivity index (χ0v) is 16.6. The van der Waals surface area contributed by atoms with Gasteiger partial charge in [-0.15, -0.1) is 0 Å². The lowest BCUT2D eigenvalue weighted by Crippen LogP contribution is -2.29. The Labute approximate surface area is 168 Å².